The Morgan fingerprint density at radius 3 is 2.68 bits per heavy atom. The zero-order valence-corrected chi connectivity index (χ0v) is 17.3. The maximum atomic E-state index is 6.23. The number of piperidine rings is 1. The minimum Gasteiger partial charge on any atom is -0.488 e. The van der Waals surface area contributed by atoms with Gasteiger partial charge in [0.15, 0.2) is 0 Å². The number of halogens is 2. The minimum atomic E-state index is 0.425. The van der Waals surface area contributed by atoms with Crippen LogP contribution in [0.15, 0.2) is 46.9 Å². The summed E-state index contributed by atoms with van der Waals surface area (Å²) in [5, 5.41) is 0.716. The lowest BCUT2D eigenvalue weighted by molar-refractivity contribution is 0.281. The molecule has 25 heavy (non-hydrogen) atoms. The van der Waals surface area contributed by atoms with Gasteiger partial charge in [-0.15, -0.1) is 0 Å². The van der Waals surface area contributed by atoms with Crippen LogP contribution in [0.3, 0.4) is 0 Å². The van der Waals surface area contributed by atoms with Crippen molar-refractivity contribution < 1.29 is 4.74 Å². The molecule has 1 aliphatic rings. The topological polar surface area (TPSA) is 12.5 Å². The first-order chi connectivity index (χ1) is 12.0. The fraction of sp³-hybridized carbons (Fsp3) is 0.350. The van der Waals surface area contributed by atoms with Gasteiger partial charge in [-0.05, 0) is 43.0 Å². The third kappa shape index (κ3) is 4.75. The molecule has 0 aromatic heterocycles. The molecule has 1 fully saturated rings. The van der Waals surface area contributed by atoms with Crippen molar-refractivity contribution in [2.24, 2.45) is 5.92 Å². The summed E-state index contributed by atoms with van der Waals surface area (Å²) in [5.74, 6) is 1.57. The van der Waals surface area contributed by atoms with Gasteiger partial charge in [0.2, 0.25) is 0 Å². The van der Waals surface area contributed by atoms with Crippen molar-refractivity contribution in [3.8, 4) is 5.75 Å². The molecule has 0 atom stereocenters. The normalized spacial score (nSPS) is 15.2. The average molecular weight is 439 g/mol. The van der Waals surface area contributed by atoms with E-state index in [-0.39, 0.29) is 0 Å². The standard InChI is InChI=1S/C20H21BrClNOS/c1-14-8-10-23(11-9-14)20(25)17-12-16(21)6-7-19(17)24-13-15-4-2-3-5-18(15)22/h2-7,12,14H,8-11,13H2,1H3. The summed E-state index contributed by atoms with van der Waals surface area (Å²) >= 11 is 15.6. The van der Waals surface area contributed by atoms with Gasteiger partial charge in [0, 0.05) is 28.1 Å². The van der Waals surface area contributed by atoms with Gasteiger partial charge >= 0.3 is 0 Å². The predicted molar refractivity (Wildman–Crippen MR) is 112 cm³/mol. The number of rotatable bonds is 4. The first-order valence-electron chi connectivity index (χ1n) is 8.49. The first-order valence-corrected chi connectivity index (χ1v) is 10.1. The molecule has 0 aliphatic carbocycles. The Labute approximate surface area is 168 Å². The lowest BCUT2D eigenvalue weighted by Gasteiger charge is -2.33. The number of hydrogen-bond acceptors (Lipinski definition) is 2. The molecule has 0 bridgehead atoms. The highest BCUT2D eigenvalue weighted by atomic mass is 79.9. The fourth-order valence-electron chi connectivity index (χ4n) is 2.95. The maximum Gasteiger partial charge on any atom is 0.130 e. The molecule has 0 amide bonds. The summed E-state index contributed by atoms with van der Waals surface area (Å²) in [7, 11) is 0. The fourth-order valence-corrected chi connectivity index (χ4v) is 3.84. The molecule has 0 N–H and O–H groups in total. The minimum absolute atomic E-state index is 0.425. The van der Waals surface area contributed by atoms with Gasteiger partial charge in [0.1, 0.15) is 17.3 Å². The monoisotopic (exact) mass is 437 g/mol. The lowest BCUT2D eigenvalue weighted by atomic mass is 9.99. The Morgan fingerprint density at radius 2 is 1.96 bits per heavy atom. The van der Waals surface area contributed by atoms with Crippen LogP contribution in [0.2, 0.25) is 5.02 Å². The van der Waals surface area contributed by atoms with Crippen LogP contribution >= 0.6 is 39.7 Å². The molecule has 0 saturated carbocycles. The van der Waals surface area contributed by atoms with Crippen LogP contribution in [0.25, 0.3) is 0 Å². The Hall–Kier alpha value is -1.10. The Balaban J connectivity index is 1.78. The van der Waals surface area contributed by atoms with E-state index in [1.807, 2.05) is 42.5 Å². The van der Waals surface area contributed by atoms with Gasteiger partial charge in [0.25, 0.3) is 0 Å². The van der Waals surface area contributed by atoms with Crippen LogP contribution in [-0.2, 0) is 6.61 Å². The summed E-state index contributed by atoms with van der Waals surface area (Å²) in [6, 6.07) is 13.7. The highest BCUT2D eigenvalue weighted by Crippen LogP contribution is 2.28. The van der Waals surface area contributed by atoms with E-state index < -0.39 is 0 Å². The zero-order chi connectivity index (χ0) is 17.8. The average Bonchev–Trinajstić information content (AvgIpc) is 2.62. The van der Waals surface area contributed by atoms with Gasteiger partial charge < -0.3 is 9.64 Å². The van der Waals surface area contributed by atoms with Gasteiger partial charge in [-0.1, -0.05) is 64.9 Å². The van der Waals surface area contributed by atoms with Crippen molar-refractivity contribution in [2.75, 3.05) is 13.1 Å². The summed E-state index contributed by atoms with van der Waals surface area (Å²) in [5.41, 5.74) is 1.93. The van der Waals surface area contributed by atoms with Gasteiger partial charge in [-0.2, -0.15) is 0 Å². The van der Waals surface area contributed by atoms with E-state index in [4.69, 9.17) is 28.6 Å². The quantitative estimate of drug-likeness (QED) is 0.536. The Bertz CT molecular complexity index is 759. The molecule has 132 valence electrons. The molecule has 2 aromatic rings. The number of ether oxygens (including phenoxy) is 1. The van der Waals surface area contributed by atoms with Crippen molar-refractivity contribution in [3.05, 3.63) is 63.1 Å². The first kappa shape index (κ1) is 18.7. The third-order valence-electron chi connectivity index (χ3n) is 4.58. The lowest BCUT2D eigenvalue weighted by Crippen LogP contribution is -2.37. The molecule has 5 heteroatoms. The SMILES string of the molecule is CC1CCN(C(=S)c2cc(Br)ccc2OCc2ccccc2Cl)CC1. The predicted octanol–water partition coefficient (Wildman–Crippen LogP) is 6.09. The van der Waals surface area contributed by atoms with Crippen molar-refractivity contribution in [1.29, 1.82) is 0 Å². The van der Waals surface area contributed by atoms with E-state index in [0.717, 1.165) is 45.3 Å². The second-order valence-corrected chi connectivity index (χ2v) is 8.20. The summed E-state index contributed by atoms with van der Waals surface area (Å²) in [6.45, 7) is 4.75. The van der Waals surface area contributed by atoms with E-state index in [1.54, 1.807) is 0 Å². The van der Waals surface area contributed by atoms with E-state index in [1.165, 1.54) is 12.8 Å². The van der Waals surface area contributed by atoms with Crippen molar-refractivity contribution >= 4 is 44.7 Å². The van der Waals surface area contributed by atoms with Gasteiger partial charge in [-0.3, -0.25) is 0 Å². The van der Waals surface area contributed by atoms with E-state index in [2.05, 4.69) is 27.8 Å². The molecule has 0 radical (unpaired) electrons. The number of nitrogens with zero attached hydrogens (tertiary/aromatic N) is 1. The van der Waals surface area contributed by atoms with Crippen LogP contribution in [0.4, 0.5) is 0 Å². The Kier molecular flexibility index (Phi) is 6.37. The van der Waals surface area contributed by atoms with Crippen LogP contribution in [0.1, 0.15) is 30.9 Å². The molecule has 2 nitrogen and oxygen atoms in total. The van der Waals surface area contributed by atoms with Crippen LogP contribution in [0, 0.1) is 5.92 Å². The molecule has 1 heterocycles. The summed E-state index contributed by atoms with van der Waals surface area (Å²) < 4.78 is 7.07. The van der Waals surface area contributed by atoms with E-state index >= 15 is 0 Å². The van der Waals surface area contributed by atoms with Crippen LogP contribution in [0.5, 0.6) is 5.75 Å². The Morgan fingerprint density at radius 1 is 1.24 bits per heavy atom. The smallest absolute Gasteiger partial charge is 0.130 e. The van der Waals surface area contributed by atoms with Crippen LogP contribution in [-0.4, -0.2) is 23.0 Å². The molecule has 3 rings (SSSR count). The molecule has 2 aromatic carbocycles. The van der Waals surface area contributed by atoms with E-state index in [0.29, 0.717) is 11.6 Å². The van der Waals surface area contributed by atoms with Crippen LogP contribution < -0.4 is 4.74 Å². The molecule has 1 aliphatic heterocycles. The number of benzene rings is 2. The van der Waals surface area contributed by atoms with E-state index in [9.17, 15) is 0 Å². The summed E-state index contributed by atoms with van der Waals surface area (Å²) in [4.78, 5) is 3.15. The number of likely N-dealkylation sites (tertiary alicyclic amines) is 1. The molecule has 0 unspecified atom stereocenters. The van der Waals surface area contributed by atoms with Crippen molar-refractivity contribution in [3.63, 3.8) is 0 Å². The second-order valence-electron chi connectivity index (χ2n) is 6.50. The maximum absolute atomic E-state index is 6.23. The number of thiocarbonyl (C=S) groups is 1. The second kappa shape index (κ2) is 8.52. The van der Waals surface area contributed by atoms with Crippen molar-refractivity contribution in [2.45, 2.75) is 26.4 Å². The summed E-state index contributed by atoms with van der Waals surface area (Å²) in [6.07, 6.45) is 2.37. The van der Waals surface area contributed by atoms with Gasteiger partial charge in [0.05, 0.1) is 5.56 Å². The van der Waals surface area contributed by atoms with Gasteiger partial charge in [-0.25, -0.2) is 0 Å². The molecular formula is C20H21BrClNOS. The van der Waals surface area contributed by atoms with Crippen molar-refractivity contribution in [1.82, 2.24) is 4.90 Å². The largest absolute Gasteiger partial charge is 0.488 e. The molecular weight excluding hydrogens is 418 g/mol. The zero-order valence-electron chi connectivity index (χ0n) is 14.2. The third-order valence-corrected chi connectivity index (χ3v) is 5.92. The molecule has 1 saturated heterocycles. The number of hydrogen-bond donors (Lipinski definition) is 0. The highest BCUT2D eigenvalue weighted by Gasteiger charge is 2.21. The highest BCUT2D eigenvalue weighted by molar-refractivity contribution is 9.10. The molecule has 0 spiro atoms.